The minimum Gasteiger partial charge on any atom is -0.469 e. The monoisotopic (exact) mass is 337 g/mol. The summed E-state index contributed by atoms with van der Waals surface area (Å²) in [5.41, 5.74) is 1.13. The van der Waals surface area contributed by atoms with E-state index < -0.39 is 0 Å². The van der Waals surface area contributed by atoms with Gasteiger partial charge in [0.05, 0.1) is 17.5 Å². The van der Waals surface area contributed by atoms with Gasteiger partial charge in [0.25, 0.3) is 5.91 Å². The molecular formula is C17H24ClN3O2. The van der Waals surface area contributed by atoms with Crippen LogP contribution in [0.3, 0.4) is 0 Å². The summed E-state index contributed by atoms with van der Waals surface area (Å²) in [4.78, 5) is 12.5. The Balaban J connectivity index is 1.98. The van der Waals surface area contributed by atoms with Crippen molar-refractivity contribution in [2.75, 3.05) is 0 Å². The first-order chi connectivity index (χ1) is 10.9. The van der Waals surface area contributed by atoms with Crippen LogP contribution < -0.4 is 5.32 Å². The molecule has 2 aromatic heterocycles. The zero-order valence-electron chi connectivity index (χ0n) is 14.1. The molecule has 2 rings (SSSR count). The third kappa shape index (κ3) is 4.61. The fraction of sp³-hybridized carbons (Fsp3) is 0.529. The lowest BCUT2D eigenvalue weighted by atomic mass is 10.1. The van der Waals surface area contributed by atoms with Crippen LogP contribution >= 0.6 is 11.6 Å². The fourth-order valence-electron chi connectivity index (χ4n) is 2.46. The number of nitrogens with zero attached hydrogens (tertiary/aromatic N) is 2. The number of carbonyl (C=O) groups excluding carboxylic acids is 1. The summed E-state index contributed by atoms with van der Waals surface area (Å²) in [5, 5.41) is 7.77. The summed E-state index contributed by atoms with van der Waals surface area (Å²) >= 11 is 6.33. The summed E-state index contributed by atoms with van der Waals surface area (Å²) in [7, 11) is 0. The average Bonchev–Trinajstić information content (AvgIpc) is 3.05. The zero-order chi connectivity index (χ0) is 17.0. The lowest BCUT2D eigenvalue weighted by molar-refractivity contribution is 0.0937. The molecule has 1 amide bonds. The molecule has 1 unspecified atom stereocenters. The second-order valence-electron chi connectivity index (χ2n) is 6.32. The molecule has 0 fully saturated rings. The molecule has 1 N–H and O–H groups in total. The summed E-state index contributed by atoms with van der Waals surface area (Å²) < 4.78 is 7.00. The molecule has 0 spiro atoms. The van der Waals surface area contributed by atoms with E-state index in [0.717, 1.165) is 18.6 Å². The normalized spacial score (nSPS) is 12.6. The van der Waals surface area contributed by atoms with Gasteiger partial charge in [0, 0.05) is 19.0 Å². The van der Waals surface area contributed by atoms with Crippen molar-refractivity contribution in [2.45, 2.75) is 53.1 Å². The standard InChI is InChI=1S/C17H24ClN3O2/c1-11(2)10-21-16(18)15(13(4)20-21)17(22)19-12(3)7-8-14-6-5-9-23-14/h5-6,9,11-12H,7-8,10H2,1-4H3,(H,19,22). The molecule has 2 aromatic rings. The fourth-order valence-corrected chi connectivity index (χ4v) is 2.79. The van der Waals surface area contributed by atoms with Crippen molar-refractivity contribution < 1.29 is 9.21 Å². The Hall–Kier alpha value is -1.75. The first-order valence-electron chi connectivity index (χ1n) is 7.94. The molecule has 0 aliphatic heterocycles. The number of carbonyl (C=O) groups is 1. The van der Waals surface area contributed by atoms with E-state index in [-0.39, 0.29) is 11.9 Å². The quantitative estimate of drug-likeness (QED) is 0.834. The molecule has 0 bridgehead atoms. The summed E-state index contributed by atoms with van der Waals surface area (Å²) in [6.07, 6.45) is 3.24. The predicted octanol–water partition coefficient (Wildman–Crippen LogP) is 3.85. The maximum atomic E-state index is 12.5. The van der Waals surface area contributed by atoms with Crippen LogP contribution in [0.2, 0.25) is 5.15 Å². The number of aromatic nitrogens is 2. The van der Waals surface area contributed by atoms with Gasteiger partial charge in [-0.15, -0.1) is 0 Å². The Bertz CT molecular complexity index is 647. The Morgan fingerprint density at radius 2 is 2.17 bits per heavy atom. The molecule has 0 saturated carbocycles. The number of amides is 1. The number of hydrogen-bond donors (Lipinski definition) is 1. The lowest BCUT2D eigenvalue weighted by Crippen LogP contribution is -2.33. The summed E-state index contributed by atoms with van der Waals surface area (Å²) in [6.45, 7) is 8.66. The SMILES string of the molecule is Cc1nn(CC(C)C)c(Cl)c1C(=O)NC(C)CCc1ccco1. The number of aryl methyl sites for hydroxylation is 2. The number of nitrogens with one attached hydrogen (secondary N) is 1. The summed E-state index contributed by atoms with van der Waals surface area (Å²) in [5.74, 6) is 1.16. The second-order valence-corrected chi connectivity index (χ2v) is 6.68. The van der Waals surface area contributed by atoms with Crippen molar-refractivity contribution in [1.29, 1.82) is 0 Å². The highest BCUT2D eigenvalue weighted by atomic mass is 35.5. The number of furan rings is 1. The Morgan fingerprint density at radius 1 is 1.43 bits per heavy atom. The van der Waals surface area contributed by atoms with Gasteiger partial charge < -0.3 is 9.73 Å². The molecule has 23 heavy (non-hydrogen) atoms. The maximum absolute atomic E-state index is 12.5. The van der Waals surface area contributed by atoms with Crippen molar-refractivity contribution >= 4 is 17.5 Å². The van der Waals surface area contributed by atoms with Gasteiger partial charge in [0.15, 0.2) is 0 Å². The van der Waals surface area contributed by atoms with Crippen LogP contribution in [0.25, 0.3) is 0 Å². The van der Waals surface area contributed by atoms with Crippen molar-refractivity contribution in [3.8, 4) is 0 Å². The largest absolute Gasteiger partial charge is 0.469 e. The Morgan fingerprint density at radius 3 is 2.78 bits per heavy atom. The smallest absolute Gasteiger partial charge is 0.256 e. The van der Waals surface area contributed by atoms with Crippen molar-refractivity contribution in [1.82, 2.24) is 15.1 Å². The number of rotatable bonds is 7. The van der Waals surface area contributed by atoms with Crippen LogP contribution in [0.5, 0.6) is 0 Å². The van der Waals surface area contributed by atoms with Crippen LogP contribution in [0, 0.1) is 12.8 Å². The minimum absolute atomic E-state index is 0.0246. The van der Waals surface area contributed by atoms with E-state index in [9.17, 15) is 4.79 Å². The topological polar surface area (TPSA) is 60.1 Å². The molecule has 5 nitrogen and oxygen atoms in total. The molecule has 0 saturated heterocycles. The van der Waals surface area contributed by atoms with Gasteiger partial charge >= 0.3 is 0 Å². The average molecular weight is 338 g/mol. The molecule has 0 aromatic carbocycles. The molecule has 0 radical (unpaired) electrons. The van der Waals surface area contributed by atoms with Gasteiger partial charge in [-0.25, -0.2) is 0 Å². The van der Waals surface area contributed by atoms with Gasteiger partial charge in [0.2, 0.25) is 0 Å². The number of hydrogen-bond acceptors (Lipinski definition) is 3. The second kappa shape index (κ2) is 7.68. The third-order valence-corrected chi connectivity index (χ3v) is 4.00. The van der Waals surface area contributed by atoms with Crippen LogP contribution in [0.4, 0.5) is 0 Å². The van der Waals surface area contributed by atoms with Crippen LogP contribution in [-0.4, -0.2) is 21.7 Å². The Labute approximate surface area is 142 Å². The molecule has 6 heteroatoms. The van der Waals surface area contributed by atoms with Gasteiger partial charge in [0.1, 0.15) is 10.9 Å². The molecule has 126 valence electrons. The van der Waals surface area contributed by atoms with Gasteiger partial charge in [-0.3, -0.25) is 9.48 Å². The van der Waals surface area contributed by atoms with Crippen molar-refractivity contribution in [2.24, 2.45) is 5.92 Å². The zero-order valence-corrected chi connectivity index (χ0v) is 14.9. The van der Waals surface area contributed by atoms with Crippen LogP contribution in [-0.2, 0) is 13.0 Å². The summed E-state index contributed by atoms with van der Waals surface area (Å²) in [6, 6.07) is 3.83. The molecule has 0 aliphatic rings. The van der Waals surface area contributed by atoms with E-state index in [1.54, 1.807) is 10.9 Å². The molecule has 0 aliphatic carbocycles. The van der Waals surface area contributed by atoms with Gasteiger partial charge in [-0.1, -0.05) is 25.4 Å². The van der Waals surface area contributed by atoms with Crippen molar-refractivity contribution in [3.63, 3.8) is 0 Å². The highest BCUT2D eigenvalue weighted by Gasteiger charge is 2.21. The predicted molar refractivity (Wildman–Crippen MR) is 90.8 cm³/mol. The first kappa shape index (κ1) is 17.6. The Kier molecular flexibility index (Phi) is 5.88. The lowest BCUT2D eigenvalue weighted by Gasteiger charge is -2.13. The highest BCUT2D eigenvalue weighted by Crippen LogP contribution is 2.21. The minimum atomic E-state index is -0.172. The van der Waals surface area contributed by atoms with E-state index in [2.05, 4.69) is 24.3 Å². The van der Waals surface area contributed by atoms with Crippen molar-refractivity contribution in [3.05, 3.63) is 40.6 Å². The van der Waals surface area contributed by atoms with Gasteiger partial charge in [-0.05, 0) is 38.3 Å². The van der Waals surface area contributed by atoms with E-state index in [1.165, 1.54) is 0 Å². The molecular weight excluding hydrogens is 314 g/mol. The van der Waals surface area contributed by atoms with Crippen LogP contribution in [0.15, 0.2) is 22.8 Å². The van der Waals surface area contributed by atoms with E-state index in [1.807, 2.05) is 26.0 Å². The third-order valence-electron chi connectivity index (χ3n) is 3.61. The molecule has 2 heterocycles. The maximum Gasteiger partial charge on any atom is 0.256 e. The first-order valence-corrected chi connectivity index (χ1v) is 8.32. The van der Waals surface area contributed by atoms with Gasteiger partial charge in [-0.2, -0.15) is 5.10 Å². The highest BCUT2D eigenvalue weighted by molar-refractivity contribution is 6.33. The van der Waals surface area contributed by atoms with E-state index in [4.69, 9.17) is 16.0 Å². The molecule has 1 atom stereocenters. The number of halogens is 1. The van der Waals surface area contributed by atoms with E-state index in [0.29, 0.717) is 28.9 Å². The van der Waals surface area contributed by atoms with E-state index >= 15 is 0 Å². The van der Waals surface area contributed by atoms with Crippen LogP contribution in [0.1, 0.15) is 49.0 Å².